The summed E-state index contributed by atoms with van der Waals surface area (Å²) in [6.07, 6.45) is 3.41. The summed E-state index contributed by atoms with van der Waals surface area (Å²) in [6, 6.07) is 5.86. The predicted molar refractivity (Wildman–Crippen MR) is 87.7 cm³/mol. The quantitative estimate of drug-likeness (QED) is 0.897. The fraction of sp³-hybridized carbons (Fsp3) is 0.529. The van der Waals surface area contributed by atoms with E-state index < -0.39 is 0 Å². The molecule has 120 valence electrons. The van der Waals surface area contributed by atoms with Crippen LogP contribution < -0.4 is 11.1 Å². The molecule has 2 rings (SSSR count). The Morgan fingerprint density at radius 3 is 2.73 bits per heavy atom. The van der Waals surface area contributed by atoms with E-state index in [4.69, 9.17) is 5.73 Å². The van der Waals surface area contributed by atoms with Crippen LogP contribution in [0.5, 0.6) is 0 Å². The van der Waals surface area contributed by atoms with Crippen molar-refractivity contribution in [1.82, 2.24) is 4.90 Å². The van der Waals surface area contributed by atoms with E-state index >= 15 is 0 Å². The summed E-state index contributed by atoms with van der Waals surface area (Å²) in [6.45, 7) is 5.29. The Hall–Kier alpha value is -2.04. The number of piperidine rings is 1. The summed E-state index contributed by atoms with van der Waals surface area (Å²) >= 11 is 0. The number of hydrogen-bond acceptors (Lipinski definition) is 2. The number of carbonyl (C=O) groups is 2. The van der Waals surface area contributed by atoms with Gasteiger partial charge in [0.25, 0.3) is 0 Å². The number of nitrogens with two attached hydrogens (primary N) is 1. The lowest BCUT2D eigenvalue weighted by Gasteiger charge is -2.31. The smallest absolute Gasteiger partial charge is 0.321 e. The molecule has 1 saturated heterocycles. The van der Waals surface area contributed by atoms with Gasteiger partial charge in [0.15, 0.2) is 0 Å². The minimum absolute atomic E-state index is 0.145. The Labute approximate surface area is 131 Å². The number of nitrogens with zero attached hydrogens (tertiary/aromatic N) is 1. The van der Waals surface area contributed by atoms with E-state index in [-0.39, 0.29) is 17.9 Å². The highest BCUT2D eigenvalue weighted by Gasteiger charge is 2.27. The Morgan fingerprint density at radius 2 is 2.09 bits per heavy atom. The highest BCUT2D eigenvalue weighted by molar-refractivity contribution is 5.91. The van der Waals surface area contributed by atoms with Gasteiger partial charge in [0.1, 0.15) is 0 Å². The molecule has 0 saturated carbocycles. The van der Waals surface area contributed by atoms with Crippen LogP contribution in [0.15, 0.2) is 18.2 Å². The number of likely N-dealkylation sites (tertiary alicyclic amines) is 1. The van der Waals surface area contributed by atoms with Crippen LogP contribution in [0, 0.1) is 5.92 Å². The molecular formula is C17H25N3O2. The molecule has 0 aromatic heterocycles. The molecule has 5 nitrogen and oxygen atoms in total. The molecule has 5 heteroatoms. The summed E-state index contributed by atoms with van der Waals surface area (Å²) in [5.74, 6) is -0.549. The average molecular weight is 303 g/mol. The summed E-state index contributed by atoms with van der Waals surface area (Å²) < 4.78 is 0. The molecule has 1 aromatic rings. The van der Waals surface area contributed by atoms with E-state index in [9.17, 15) is 9.59 Å². The van der Waals surface area contributed by atoms with Crippen molar-refractivity contribution in [3.8, 4) is 0 Å². The molecule has 3 N–H and O–H groups in total. The normalized spacial score (nSPS) is 18.1. The maximum absolute atomic E-state index is 12.5. The third kappa shape index (κ3) is 3.59. The van der Waals surface area contributed by atoms with Crippen LogP contribution in [0.3, 0.4) is 0 Å². The van der Waals surface area contributed by atoms with Crippen LogP contribution in [0.1, 0.15) is 37.8 Å². The number of hydrogen-bond donors (Lipinski definition) is 2. The number of primary amides is 1. The minimum Gasteiger partial charge on any atom is -0.369 e. The molecule has 1 aliphatic rings. The van der Waals surface area contributed by atoms with Gasteiger partial charge in [0, 0.05) is 18.8 Å². The van der Waals surface area contributed by atoms with E-state index in [1.807, 2.05) is 12.1 Å². The fourth-order valence-corrected chi connectivity index (χ4v) is 3.09. The van der Waals surface area contributed by atoms with Crippen molar-refractivity contribution in [2.75, 3.05) is 18.4 Å². The molecular weight excluding hydrogens is 278 g/mol. The molecule has 1 aliphatic heterocycles. The second kappa shape index (κ2) is 7.29. The predicted octanol–water partition coefficient (Wildman–Crippen LogP) is 2.54. The number of carbonyl (C=O) groups excluding carboxylic acids is 2. The van der Waals surface area contributed by atoms with Crippen LogP contribution in [-0.2, 0) is 17.6 Å². The van der Waals surface area contributed by atoms with Crippen molar-refractivity contribution in [2.45, 2.75) is 39.5 Å². The van der Waals surface area contributed by atoms with Crippen molar-refractivity contribution >= 4 is 17.6 Å². The van der Waals surface area contributed by atoms with E-state index in [0.29, 0.717) is 13.1 Å². The van der Waals surface area contributed by atoms with Gasteiger partial charge in [-0.1, -0.05) is 26.0 Å². The van der Waals surface area contributed by atoms with Gasteiger partial charge in [0.05, 0.1) is 5.92 Å². The molecule has 0 radical (unpaired) electrons. The van der Waals surface area contributed by atoms with Gasteiger partial charge >= 0.3 is 6.03 Å². The van der Waals surface area contributed by atoms with Crippen LogP contribution in [-0.4, -0.2) is 29.9 Å². The van der Waals surface area contributed by atoms with Gasteiger partial charge < -0.3 is 16.0 Å². The van der Waals surface area contributed by atoms with Crippen molar-refractivity contribution < 1.29 is 9.59 Å². The summed E-state index contributed by atoms with van der Waals surface area (Å²) in [5, 5.41) is 3.00. The molecule has 0 bridgehead atoms. The average Bonchev–Trinajstić information content (AvgIpc) is 2.54. The van der Waals surface area contributed by atoms with E-state index in [1.54, 1.807) is 4.90 Å². The van der Waals surface area contributed by atoms with Crippen molar-refractivity contribution in [2.24, 2.45) is 11.7 Å². The van der Waals surface area contributed by atoms with Crippen LogP contribution in [0.25, 0.3) is 0 Å². The van der Waals surface area contributed by atoms with E-state index in [1.165, 1.54) is 11.1 Å². The number of anilines is 1. The summed E-state index contributed by atoms with van der Waals surface area (Å²) in [4.78, 5) is 25.5. The van der Waals surface area contributed by atoms with Gasteiger partial charge in [-0.2, -0.15) is 0 Å². The first-order valence-electron chi connectivity index (χ1n) is 8.02. The Bertz CT molecular complexity index is 557. The fourth-order valence-electron chi connectivity index (χ4n) is 3.09. The van der Waals surface area contributed by atoms with Gasteiger partial charge in [-0.15, -0.1) is 0 Å². The van der Waals surface area contributed by atoms with Crippen molar-refractivity contribution in [1.29, 1.82) is 0 Å². The number of urea groups is 1. The van der Waals surface area contributed by atoms with Crippen LogP contribution in [0.2, 0.25) is 0 Å². The molecule has 1 atom stereocenters. The van der Waals surface area contributed by atoms with Crippen molar-refractivity contribution in [3.05, 3.63) is 29.3 Å². The topological polar surface area (TPSA) is 75.4 Å². The van der Waals surface area contributed by atoms with Gasteiger partial charge in [-0.25, -0.2) is 4.79 Å². The van der Waals surface area contributed by atoms with E-state index in [2.05, 4.69) is 25.2 Å². The van der Waals surface area contributed by atoms with Crippen LogP contribution in [0.4, 0.5) is 10.5 Å². The van der Waals surface area contributed by atoms with Crippen molar-refractivity contribution in [3.63, 3.8) is 0 Å². The standard InChI is InChI=1S/C17H25N3O2/c1-3-12-7-5-9-15(14(12)4-2)19-17(22)20-10-6-8-13(11-20)16(18)21/h5,7,9,13H,3-4,6,8,10-11H2,1-2H3,(H2,18,21)(H,19,22)/t13-/m0/s1. The Kier molecular flexibility index (Phi) is 5.41. The number of amides is 3. The molecule has 22 heavy (non-hydrogen) atoms. The second-order valence-corrected chi connectivity index (χ2v) is 5.77. The third-order valence-electron chi connectivity index (χ3n) is 4.36. The first kappa shape index (κ1) is 16.3. The highest BCUT2D eigenvalue weighted by atomic mass is 16.2. The zero-order chi connectivity index (χ0) is 16.1. The molecule has 3 amide bonds. The third-order valence-corrected chi connectivity index (χ3v) is 4.36. The molecule has 1 aromatic carbocycles. The van der Waals surface area contributed by atoms with Crippen LogP contribution >= 0.6 is 0 Å². The van der Waals surface area contributed by atoms with Gasteiger partial charge in [-0.3, -0.25) is 4.79 Å². The second-order valence-electron chi connectivity index (χ2n) is 5.77. The number of rotatable bonds is 4. The maximum Gasteiger partial charge on any atom is 0.321 e. The molecule has 0 aliphatic carbocycles. The summed E-state index contributed by atoms with van der Waals surface area (Å²) in [5.41, 5.74) is 8.68. The lowest BCUT2D eigenvalue weighted by Crippen LogP contribution is -2.45. The number of aryl methyl sites for hydroxylation is 1. The monoisotopic (exact) mass is 303 g/mol. The van der Waals surface area contributed by atoms with Gasteiger partial charge in [-0.05, 0) is 42.9 Å². The lowest BCUT2D eigenvalue weighted by atomic mass is 9.98. The Morgan fingerprint density at radius 1 is 1.32 bits per heavy atom. The highest BCUT2D eigenvalue weighted by Crippen LogP contribution is 2.23. The molecule has 0 spiro atoms. The molecule has 1 fully saturated rings. The lowest BCUT2D eigenvalue weighted by molar-refractivity contribution is -0.123. The zero-order valence-corrected chi connectivity index (χ0v) is 13.4. The molecule has 0 unspecified atom stereocenters. The largest absolute Gasteiger partial charge is 0.369 e. The summed E-state index contributed by atoms with van der Waals surface area (Å²) in [7, 11) is 0. The molecule has 1 heterocycles. The zero-order valence-electron chi connectivity index (χ0n) is 13.4. The Balaban J connectivity index is 2.10. The SMILES string of the molecule is CCc1cccc(NC(=O)N2CCC[C@H](C(N)=O)C2)c1CC. The number of nitrogens with one attached hydrogen (secondary N) is 1. The minimum atomic E-state index is -0.320. The maximum atomic E-state index is 12.5. The first-order chi connectivity index (χ1) is 10.6. The number of benzene rings is 1. The van der Waals surface area contributed by atoms with E-state index in [0.717, 1.165) is 31.4 Å². The van der Waals surface area contributed by atoms with Gasteiger partial charge in [0.2, 0.25) is 5.91 Å². The first-order valence-corrected chi connectivity index (χ1v) is 8.02.